The van der Waals surface area contributed by atoms with E-state index in [0.29, 0.717) is 17.2 Å². The Morgan fingerprint density at radius 3 is 2.50 bits per heavy atom. The molecule has 3 N–H and O–H groups in total. The first kappa shape index (κ1) is 13.7. The number of aliphatic carboxylic acids is 1. The predicted octanol–water partition coefficient (Wildman–Crippen LogP) is 1.25. The second kappa shape index (κ2) is 5.83. The highest BCUT2D eigenvalue weighted by molar-refractivity contribution is 6.31. The molecular weight excluding hydrogens is 262 g/mol. The summed E-state index contributed by atoms with van der Waals surface area (Å²) in [4.78, 5) is 32.7. The van der Waals surface area contributed by atoms with E-state index in [4.69, 9.17) is 22.4 Å². The van der Waals surface area contributed by atoms with Crippen LogP contribution in [-0.2, 0) is 14.3 Å². The number of carbonyl (C=O) groups is 3. The number of anilines is 1. The van der Waals surface area contributed by atoms with Crippen molar-refractivity contribution in [1.29, 1.82) is 0 Å². The van der Waals surface area contributed by atoms with Gasteiger partial charge in [0, 0.05) is 22.9 Å². The van der Waals surface area contributed by atoms with Crippen LogP contribution in [0.4, 0.5) is 5.69 Å². The number of nitrogen functional groups attached to an aromatic ring is 1. The van der Waals surface area contributed by atoms with Gasteiger partial charge in [-0.3, -0.25) is 0 Å². The van der Waals surface area contributed by atoms with Crippen molar-refractivity contribution in [3.63, 3.8) is 0 Å². The molecule has 18 heavy (non-hydrogen) atoms. The molecule has 7 heteroatoms. The Hall–Kier alpha value is -2.34. The number of nitrogens with two attached hydrogens (primary N) is 1. The number of esters is 2. The summed E-state index contributed by atoms with van der Waals surface area (Å²) in [5.41, 5.74) is 5.54. The largest absolute Gasteiger partial charge is 0.478 e. The Kier molecular flexibility index (Phi) is 4.45. The average molecular weight is 270 g/mol. The summed E-state index contributed by atoms with van der Waals surface area (Å²) in [6.07, 6.45) is 1.17. The molecule has 94 valence electrons. The third-order valence-corrected chi connectivity index (χ3v) is 2.02. The molecule has 6 nitrogen and oxygen atoms in total. The first-order chi connectivity index (χ1) is 8.40. The molecule has 1 rings (SSSR count). The van der Waals surface area contributed by atoms with Crippen molar-refractivity contribution in [1.82, 2.24) is 0 Å². The lowest BCUT2D eigenvalue weighted by molar-refractivity contribution is -0.134. The maximum Gasteiger partial charge on any atom is 0.348 e. The number of ether oxygens (including phenoxy) is 1. The van der Waals surface area contributed by atoms with E-state index in [1.807, 2.05) is 0 Å². The van der Waals surface area contributed by atoms with Crippen LogP contribution in [0.2, 0.25) is 5.02 Å². The van der Waals surface area contributed by atoms with Crippen LogP contribution >= 0.6 is 11.6 Å². The second-order valence-electron chi connectivity index (χ2n) is 3.11. The molecule has 0 fully saturated rings. The molecule has 0 heterocycles. The maximum atomic E-state index is 11.5. The van der Waals surface area contributed by atoms with Crippen molar-refractivity contribution in [2.45, 2.75) is 0 Å². The number of halogens is 1. The minimum atomic E-state index is -1.33. The van der Waals surface area contributed by atoms with E-state index in [2.05, 4.69) is 4.74 Å². The summed E-state index contributed by atoms with van der Waals surface area (Å²) < 4.78 is 4.36. The molecule has 0 aromatic heterocycles. The van der Waals surface area contributed by atoms with Gasteiger partial charge in [-0.25, -0.2) is 14.4 Å². The van der Waals surface area contributed by atoms with E-state index in [1.165, 1.54) is 18.2 Å². The number of carboxylic acids is 1. The summed E-state index contributed by atoms with van der Waals surface area (Å²) in [5.74, 6) is -3.41. The molecule has 1 aromatic carbocycles. The molecule has 0 saturated heterocycles. The predicted molar refractivity (Wildman–Crippen MR) is 63.1 cm³/mol. The first-order valence-corrected chi connectivity index (χ1v) is 5.00. The molecule has 0 radical (unpaired) electrons. The topological polar surface area (TPSA) is 107 Å². The SMILES string of the molecule is Nc1cc(Cl)ccc1C(=O)OC(=O)/C=C\C(=O)O. The third kappa shape index (κ3) is 3.91. The second-order valence-corrected chi connectivity index (χ2v) is 3.55. The summed E-state index contributed by atoms with van der Waals surface area (Å²) in [5, 5.41) is 8.61. The smallest absolute Gasteiger partial charge is 0.348 e. The fourth-order valence-electron chi connectivity index (χ4n) is 1.04. The van der Waals surface area contributed by atoms with E-state index in [-0.39, 0.29) is 11.3 Å². The van der Waals surface area contributed by atoms with Crippen LogP contribution in [0.25, 0.3) is 0 Å². The van der Waals surface area contributed by atoms with Gasteiger partial charge in [0.2, 0.25) is 0 Å². The average Bonchev–Trinajstić information content (AvgIpc) is 2.26. The third-order valence-electron chi connectivity index (χ3n) is 1.79. The Bertz CT molecular complexity index is 538. The monoisotopic (exact) mass is 269 g/mol. The molecule has 0 aliphatic rings. The summed E-state index contributed by atoms with van der Waals surface area (Å²) in [6, 6.07) is 4.04. The zero-order chi connectivity index (χ0) is 13.7. The first-order valence-electron chi connectivity index (χ1n) is 4.62. The molecular formula is C11H8ClNO5. The van der Waals surface area contributed by atoms with Gasteiger partial charge in [-0.05, 0) is 18.2 Å². The van der Waals surface area contributed by atoms with Gasteiger partial charge in [0.15, 0.2) is 0 Å². The standard InChI is InChI=1S/C11H8ClNO5/c12-6-1-2-7(8(13)5-6)11(17)18-10(16)4-3-9(14)15/h1-5H,13H2,(H,14,15)/b4-3-. The zero-order valence-electron chi connectivity index (χ0n) is 8.92. The van der Waals surface area contributed by atoms with Crippen LogP contribution in [0.1, 0.15) is 10.4 Å². The molecule has 0 atom stereocenters. The molecule has 0 unspecified atom stereocenters. The summed E-state index contributed by atoms with van der Waals surface area (Å²) >= 11 is 5.64. The van der Waals surface area contributed by atoms with Gasteiger partial charge in [0.1, 0.15) is 0 Å². The number of benzene rings is 1. The fraction of sp³-hybridized carbons (Fsp3) is 0. The highest BCUT2D eigenvalue weighted by Crippen LogP contribution is 2.18. The number of hydrogen-bond donors (Lipinski definition) is 2. The quantitative estimate of drug-likeness (QED) is 0.370. The van der Waals surface area contributed by atoms with Gasteiger partial charge in [-0.15, -0.1) is 0 Å². The van der Waals surface area contributed by atoms with Crippen LogP contribution in [0, 0.1) is 0 Å². The van der Waals surface area contributed by atoms with Crippen LogP contribution < -0.4 is 5.73 Å². The van der Waals surface area contributed by atoms with Crippen molar-refractivity contribution in [3.05, 3.63) is 40.9 Å². The van der Waals surface area contributed by atoms with E-state index in [9.17, 15) is 14.4 Å². The molecule has 0 bridgehead atoms. The van der Waals surface area contributed by atoms with E-state index in [1.54, 1.807) is 0 Å². The maximum absolute atomic E-state index is 11.5. The van der Waals surface area contributed by atoms with Gasteiger partial charge in [0.25, 0.3) is 0 Å². The lowest BCUT2D eigenvalue weighted by atomic mass is 10.2. The summed E-state index contributed by atoms with van der Waals surface area (Å²) in [6.45, 7) is 0. The molecule has 1 aromatic rings. The molecule has 0 aliphatic heterocycles. The molecule has 0 spiro atoms. The van der Waals surface area contributed by atoms with Gasteiger partial charge in [-0.2, -0.15) is 0 Å². The summed E-state index contributed by atoms with van der Waals surface area (Å²) in [7, 11) is 0. The Labute approximate surface area is 107 Å². The van der Waals surface area contributed by atoms with Gasteiger partial charge >= 0.3 is 17.9 Å². The lowest BCUT2D eigenvalue weighted by Crippen LogP contribution is -2.12. The van der Waals surface area contributed by atoms with Crippen molar-refractivity contribution in [2.24, 2.45) is 0 Å². The van der Waals surface area contributed by atoms with Gasteiger partial charge in [-0.1, -0.05) is 11.6 Å². The van der Waals surface area contributed by atoms with Crippen molar-refractivity contribution < 1.29 is 24.2 Å². The minimum absolute atomic E-state index is 0.0310. The fourth-order valence-corrected chi connectivity index (χ4v) is 1.22. The molecule has 0 amide bonds. The lowest BCUT2D eigenvalue weighted by Gasteiger charge is -2.03. The Balaban J connectivity index is 2.77. The number of carbonyl (C=O) groups excluding carboxylic acids is 2. The zero-order valence-corrected chi connectivity index (χ0v) is 9.68. The number of hydrogen-bond acceptors (Lipinski definition) is 5. The van der Waals surface area contributed by atoms with Crippen molar-refractivity contribution in [3.8, 4) is 0 Å². The van der Waals surface area contributed by atoms with Gasteiger partial charge < -0.3 is 15.6 Å². The van der Waals surface area contributed by atoms with Crippen molar-refractivity contribution >= 4 is 35.2 Å². The molecule has 0 aliphatic carbocycles. The normalized spacial score (nSPS) is 10.3. The highest BCUT2D eigenvalue weighted by Gasteiger charge is 2.14. The van der Waals surface area contributed by atoms with E-state index >= 15 is 0 Å². The van der Waals surface area contributed by atoms with E-state index in [0.717, 1.165) is 0 Å². The van der Waals surface area contributed by atoms with Crippen LogP contribution in [0.15, 0.2) is 30.4 Å². The minimum Gasteiger partial charge on any atom is -0.478 e. The Morgan fingerprint density at radius 1 is 1.28 bits per heavy atom. The van der Waals surface area contributed by atoms with Crippen molar-refractivity contribution in [2.75, 3.05) is 5.73 Å². The van der Waals surface area contributed by atoms with Crippen LogP contribution in [-0.4, -0.2) is 23.0 Å². The highest BCUT2D eigenvalue weighted by atomic mass is 35.5. The number of rotatable bonds is 3. The Morgan fingerprint density at radius 2 is 1.94 bits per heavy atom. The van der Waals surface area contributed by atoms with Crippen LogP contribution in [0.5, 0.6) is 0 Å². The molecule has 0 saturated carbocycles. The number of carboxylic acid groups (broad SMARTS) is 1. The van der Waals surface area contributed by atoms with Crippen LogP contribution in [0.3, 0.4) is 0 Å². The van der Waals surface area contributed by atoms with Gasteiger partial charge in [0.05, 0.1) is 5.56 Å². The van der Waals surface area contributed by atoms with E-state index < -0.39 is 17.9 Å².